The molecule has 0 aromatic rings. The Bertz CT molecular complexity index is 830. The predicted molar refractivity (Wildman–Crippen MR) is 110 cm³/mol. The van der Waals surface area contributed by atoms with Crippen molar-refractivity contribution in [3.05, 3.63) is 11.6 Å². The van der Waals surface area contributed by atoms with Crippen LogP contribution >= 0.6 is 0 Å². The number of carboxylic acid groups (broad SMARTS) is 3. The lowest BCUT2D eigenvalue weighted by atomic mass is 9.34. The van der Waals surface area contributed by atoms with Gasteiger partial charge in [-0.3, -0.25) is 14.4 Å². The zero-order valence-corrected chi connectivity index (χ0v) is 18.4. The third-order valence-corrected chi connectivity index (χ3v) is 9.72. The fourth-order valence-electron chi connectivity index (χ4n) is 8.56. The molecule has 3 saturated carbocycles. The maximum absolute atomic E-state index is 12.5. The van der Waals surface area contributed by atoms with Crippen molar-refractivity contribution in [2.24, 2.45) is 51.8 Å². The van der Waals surface area contributed by atoms with Crippen LogP contribution in [0.15, 0.2) is 11.6 Å². The van der Waals surface area contributed by atoms with Crippen LogP contribution in [0, 0.1) is 51.8 Å². The number of aliphatic carboxylic acids is 3. The molecular formula is C24H34O6. The molecule has 5 aliphatic carbocycles. The summed E-state index contributed by atoms with van der Waals surface area (Å²) in [5, 5.41) is 30.3. The lowest BCUT2D eigenvalue weighted by molar-refractivity contribution is -0.207. The topological polar surface area (TPSA) is 112 Å². The standard InChI is InChI=1S/C24H34O6/c1-12(2)14-11-24-9-6-15-22(3,7-5-8-23(15,4)21(29)30)16(24)10-13(14)17(19(25)26)18(24)20(27)28/h11-13,15-18H,5-10H2,1-4H3,(H,25,26)(H,27,28)(H,29,30)/t13?,15?,16-,17-,18+,22-,23+,24-/m0/s1. The zero-order chi connectivity index (χ0) is 22.2. The van der Waals surface area contributed by atoms with Crippen LogP contribution in [0.3, 0.4) is 0 Å². The molecule has 1 spiro atoms. The van der Waals surface area contributed by atoms with E-state index in [9.17, 15) is 29.7 Å². The summed E-state index contributed by atoms with van der Waals surface area (Å²) in [4.78, 5) is 37.0. The molecule has 3 N–H and O–H groups in total. The molecule has 0 saturated heterocycles. The van der Waals surface area contributed by atoms with Gasteiger partial charge in [0.15, 0.2) is 0 Å². The molecule has 6 heteroatoms. The Morgan fingerprint density at radius 3 is 2.20 bits per heavy atom. The maximum atomic E-state index is 12.5. The third-order valence-electron chi connectivity index (χ3n) is 9.72. The maximum Gasteiger partial charge on any atom is 0.309 e. The first-order valence-electron chi connectivity index (χ1n) is 11.3. The smallest absolute Gasteiger partial charge is 0.309 e. The molecule has 0 radical (unpaired) electrons. The van der Waals surface area contributed by atoms with Crippen LogP contribution in [0.4, 0.5) is 0 Å². The van der Waals surface area contributed by atoms with Crippen LogP contribution in [-0.2, 0) is 14.4 Å². The number of hydrogen-bond acceptors (Lipinski definition) is 3. The summed E-state index contributed by atoms with van der Waals surface area (Å²) in [5.41, 5.74) is -0.709. The van der Waals surface area contributed by atoms with Crippen LogP contribution < -0.4 is 0 Å². The molecule has 3 fully saturated rings. The zero-order valence-electron chi connectivity index (χ0n) is 18.4. The molecule has 0 aromatic carbocycles. The van der Waals surface area contributed by atoms with E-state index < -0.39 is 40.6 Å². The molecule has 6 nitrogen and oxygen atoms in total. The largest absolute Gasteiger partial charge is 0.481 e. The first-order valence-corrected chi connectivity index (χ1v) is 11.3. The highest BCUT2D eigenvalue weighted by Crippen LogP contribution is 2.73. The van der Waals surface area contributed by atoms with Crippen molar-refractivity contribution in [2.45, 2.75) is 66.2 Å². The third kappa shape index (κ3) is 2.51. The van der Waals surface area contributed by atoms with E-state index in [-0.39, 0.29) is 29.1 Å². The molecule has 30 heavy (non-hydrogen) atoms. The van der Waals surface area contributed by atoms with Crippen molar-refractivity contribution < 1.29 is 29.7 Å². The summed E-state index contributed by atoms with van der Waals surface area (Å²) < 4.78 is 0. The number of carboxylic acids is 3. The van der Waals surface area contributed by atoms with Crippen LogP contribution in [0.2, 0.25) is 0 Å². The Morgan fingerprint density at radius 1 is 1.00 bits per heavy atom. The first-order chi connectivity index (χ1) is 13.9. The molecule has 0 aliphatic heterocycles. The van der Waals surface area contributed by atoms with E-state index in [0.717, 1.165) is 18.4 Å². The van der Waals surface area contributed by atoms with E-state index in [1.54, 1.807) is 0 Å². The van der Waals surface area contributed by atoms with Crippen LogP contribution in [0.25, 0.3) is 0 Å². The lowest BCUT2D eigenvalue weighted by Crippen LogP contribution is -2.66. The van der Waals surface area contributed by atoms with Gasteiger partial charge in [-0.25, -0.2) is 0 Å². The summed E-state index contributed by atoms with van der Waals surface area (Å²) >= 11 is 0. The van der Waals surface area contributed by atoms with Gasteiger partial charge in [-0.2, -0.15) is 0 Å². The Hall–Kier alpha value is -1.85. The molecule has 0 aromatic heterocycles. The minimum absolute atomic E-state index is 0.00641. The van der Waals surface area contributed by atoms with Gasteiger partial charge in [0.05, 0.1) is 17.3 Å². The molecule has 2 bridgehead atoms. The van der Waals surface area contributed by atoms with Crippen molar-refractivity contribution in [3.63, 3.8) is 0 Å². The fourth-order valence-corrected chi connectivity index (χ4v) is 8.56. The summed E-state index contributed by atoms with van der Waals surface area (Å²) in [6.07, 6.45) is 6.36. The lowest BCUT2D eigenvalue weighted by Gasteiger charge is -2.68. The van der Waals surface area contributed by atoms with E-state index in [4.69, 9.17) is 0 Å². The van der Waals surface area contributed by atoms with E-state index in [1.807, 2.05) is 6.92 Å². The molecule has 0 heterocycles. The minimum atomic E-state index is -1.02. The quantitative estimate of drug-likeness (QED) is 0.587. The van der Waals surface area contributed by atoms with Crippen LogP contribution in [-0.4, -0.2) is 33.2 Å². The van der Waals surface area contributed by atoms with Crippen molar-refractivity contribution in [1.82, 2.24) is 0 Å². The molecule has 5 rings (SSSR count). The summed E-state index contributed by atoms with van der Waals surface area (Å²) in [6, 6.07) is 0. The summed E-state index contributed by atoms with van der Waals surface area (Å²) in [7, 11) is 0. The number of rotatable bonds is 4. The van der Waals surface area contributed by atoms with E-state index in [0.29, 0.717) is 25.7 Å². The van der Waals surface area contributed by atoms with Gasteiger partial charge in [0, 0.05) is 5.41 Å². The van der Waals surface area contributed by atoms with E-state index >= 15 is 0 Å². The van der Waals surface area contributed by atoms with Gasteiger partial charge in [-0.1, -0.05) is 38.8 Å². The van der Waals surface area contributed by atoms with Crippen molar-refractivity contribution >= 4 is 17.9 Å². The number of hydrogen-bond donors (Lipinski definition) is 3. The Morgan fingerprint density at radius 2 is 1.67 bits per heavy atom. The van der Waals surface area contributed by atoms with E-state index in [2.05, 4.69) is 26.8 Å². The second-order valence-electron chi connectivity index (χ2n) is 11.2. The second-order valence-corrected chi connectivity index (χ2v) is 11.2. The van der Waals surface area contributed by atoms with Crippen molar-refractivity contribution in [3.8, 4) is 0 Å². The van der Waals surface area contributed by atoms with Gasteiger partial charge < -0.3 is 15.3 Å². The predicted octanol–water partition coefficient (Wildman–Crippen LogP) is 4.30. The monoisotopic (exact) mass is 418 g/mol. The second kappa shape index (κ2) is 6.57. The number of fused-ring (bicyclic) bond motifs is 2. The minimum Gasteiger partial charge on any atom is -0.481 e. The first kappa shape index (κ1) is 21.4. The van der Waals surface area contributed by atoms with Gasteiger partial charge in [-0.15, -0.1) is 0 Å². The highest BCUT2D eigenvalue weighted by Gasteiger charge is 2.71. The number of allylic oxidation sites excluding steroid dienone is 2. The van der Waals surface area contributed by atoms with Gasteiger partial charge in [-0.05, 0) is 68.1 Å². The number of carbonyl (C=O) groups is 3. The average molecular weight is 419 g/mol. The highest BCUT2D eigenvalue weighted by molar-refractivity contribution is 5.83. The van der Waals surface area contributed by atoms with E-state index in [1.165, 1.54) is 0 Å². The van der Waals surface area contributed by atoms with Gasteiger partial charge in [0.2, 0.25) is 0 Å². The average Bonchev–Trinajstić information content (AvgIpc) is 2.65. The normalized spacial score (nSPS) is 47.2. The van der Waals surface area contributed by atoms with Crippen molar-refractivity contribution in [2.75, 3.05) is 0 Å². The SMILES string of the molecule is CC(C)C1=C[C@@]23CCC4[C@](C)(C(=O)O)CCC[C@]4(C)[C@@H]2CC1[C@H](C(=O)O)[C@@H]3C(=O)O. The molecule has 5 aliphatic rings. The fraction of sp³-hybridized carbons (Fsp3) is 0.792. The van der Waals surface area contributed by atoms with Crippen LogP contribution in [0.5, 0.6) is 0 Å². The molecular weight excluding hydrogens is 384 g/mol. The van der Waals surface area contributed by atoms with Gasteiger partial charge >= 0.3 is 17.9 Å². The Kier molecular flexibility index (Phi) is 4.68. The molecule has 8 atom stereocenters. The highest BCUT2D eigenvalue weighted by atomic mass is 16.4. The Balaban J connectivity index is 1.89. The van der Waals surface area contributed by atoms with Gasteiger partial charge in [0.1, 0.15) is 0 Å². The summed E-state index contributed by atoms with van der Waals surface area (Å²) in [5.74, 6) is -4.76. The summed E-state index contributed by atoms with van der Waals surface area (Å²) in [6.45, 7) is 8.15. The van der Waals surface area contributed by atoms with Crippen LogP contribution in [0.1, 0.15) is 66.2 Å². The molecule has 0 amide bonds. The van der Waals surface area contributed by atoms with Gasteiger partial charge in [0.25, 0.3) is 0 Å². The van der Waals surface area contributed by atoms with Crippen molar-refractivity contribution in [1.29, 1.82) is 0 Å². The molecule has 166 valence electrons. The Labute approximate surface area is 177 Å². The molecule has 2 unspecified atom stereocenters.